The van der Waals surface area contributed by atoms with Crippen LogP contribution in [0.5, 0.6) is 5.75 Å². The first-order chi connectivity index (χ1) is 9.26. The number of halogens is 1. The van der Waals surface area contributed by atoms with Crippen LogP contribution < -0.4 is 10.1 Å². The largest absolute Gasteiger partial charge is 0.496 e. The lowest BCUT2D eigenvalue weighted by Gasteiger charge is -2.20. The Labute approximate surface area is 111 Å². The first-order valence-corrected chi connectivity index (χ1v) is 6.09. The Bertz CT molecular complexity index is 533. The van der Waals surface area contributed by atoms with Crippen molar-refractivity contribution in [3.8, 4) is 5.75 Å². The third-order valence-corrected chi connectivity index (χ3v) is 2.85. The van der Waals surface area contributed by atoms with E-state index in [2.05, 4.69) is 15.5 Å². The van der Waals surface area contributed by atoms with Crippen LogP contribution in [0.25, 0.3) is 0 Å². The van der Waals surface area contributed by atoms with Gasteiger partial charge in [-0.15, -0.1) is 0 Å². The summed E-state index contributed by atoms with van der Waals surface area (Å²) in [5.41, 5.74) is 1.66. The molecule has 0 aliphatic heterocycles. The number of benzene rings is 1. The normalized spacial score (nSPS) is 12.2. The van der Waals surface area contributed by atoms with Gasteiger partial charge in [0.2, 0.25) is 0 Å². The van der Waals surface area contributed by atoms with Gasteiger partial charge in [-0.25, -0.2) is 4.39 Å². The lowest BCUT2D eigenvalue weighted by Crippen LogP contribution is -2.23. The first kappa shape index (κ1) is 13.4. The Morgan fingerprint density at radius 1 is 1.32 bits per heavy atom. The van der Waals surface area contributed by atoms with Crippen molar-refractivity contribution in [1.82, 2.24) is 15.5 Å². The minimum atomic E-state index is -0.291. The summed E-state index contributed by atoms with van der Waals surface area (Å²) in [6.07, 6.45) is 3.28. The molecule has 1 heterocycles. The molecule has 0 amide bonds. The standard InChI is InChI=1S/C14H16FN3O/c1-3-16-14(10-6-7-17-18-9-10)12-8-11(15)4-5-13(12)19-2/h4-9,14,16H,3H2,1-2H3. The summed E-state index contributed by atoms with van der Waals surface area (Å²) in [6, 6.07) is 6.17. The van der Waals surface area contributed by atoms with E-state index < -0.39 is 0 Å². The van der Waals surface area contributed by atoms with Crippen LogP contribution in [-0.2, 0) is 0 Å². The molecule has 1 unspecified atom stereocenters. The molecule has 0 radical (unpaired) electrons. The molecule has 1 N–H and O–H groups in total. The van der Waals surface area contributed by atoms with E-state index in [1.54, 1.807) is 25.6 Å². The summed E-state index contributed by atoms with van der Waals surface area (Å²) in [6.45, 7) is 2.74. The monoisotopic (exact) mass is 261 g/mol. The maximum Gasteiger partial charge on any atom is 0.124 e. The van der Waals surface area contributed by atoms with Gasteiger partial charge in [-0.3, -0.25) is 0 Å². The topological polar surface area (TPSA) is 47.0 Å². The zero-order chi connectivity index (χ0) is 13.7. The van der Waals surface area contributed by atoms with Gasteiger partial charge in [0.1, 0.15) is 11.6 Å². The third kappa shape index (κ3) is 3.06. The van der Waals surface area contributed by atoms with Crippen molar-refractivity contribution in [1.29, 1.82) is 0 Å². The molecule has 2 rings (SSSR count). The van der Waals surface area contributed by atoms with E-state index in [0.29, 0.717) is 5.75 Å². The van der Waals surface area contributed by atoms with Gasteiger partial charge in [0.15, 0.2) is 0 Å². The van der Waals surface area contributed by atoms with E-state index in [0.717, 1.165) is 17.7 Å². The van der Waals surface area contributed by atoms with Gasteiger partial charge < -0.3 is 10.1 Å². The number of aromatic nitrogens is 2. The van der Waals surface area contributed by atoms with Gasteiger partial charge in [0.05, 0.1) is 19.3 Å². The van der Waals surface area contributed by atoms with Gasteiger partial charge in [0.25, 0.3) is 0 Å². The molecular weight excluding hydrogens is 245 g/mol. The molecule has 1 aromatic heterocycles. The molecule has 1 aromatic carbocycles. The second kappa shape index (κ2) is 6.24. The molecule has 0 saturated heterocycles. The Morgan fingerprint density at radius 3 is 2.79 bits per heavy atom. The highest BCUT2D eigenvalue weighted by Crippen LogP contribution is 2.30. The average Bonchev–Trinajstić information content (AvgIpc) is 2.45. The lowest BCUT2D eigenvalue weighted by atomic mass is 9.99. The molecule has 0 aliphatic carbocycles. The Hall–Kier alpha value is -2.01. The number of rotatable bonds is 5. The SMILES string of the molecule is CCNC(c1ccnnc1)c1cc(F)ccc1OC. The van der Waals surface area contributed by atoms with Crippen LogP contribution in [0.15, 0.2) is 36.7 Å². The van der Waals surface area contributed by atoms with Crippen molar-refractivity contribution in [2.45, 2.75) is 13.0 Å². The molecule has 100 valence electrons. The Morgan fingerprint density at radius 2 is 2.16 bits per heavy atom. The van der Waals surface area contributed by atoms with E-state index in [1.165, 1.54) is 12.1 Å². The van der Waals surface area contributed by atoms with Crippen molar-refractivity contribution in [2.24, 2.45) is 0 Å². The van der Waals surface area contributed by atoms with Crippen LogP contribution in [0.4, 0.5) is 4.39 Å². The molecule has 0 spiro atoms. The third-order valence-electron chi connectivity index (χ3n) is 2.85. The van der Waals surface area contributed by atoms with E-state index in [9.17, 15) is 4.39 Å². The quantitative estimate of drug-likeness (QED) is 0.897. The van der Waals surface area contributed by atoms with Crippen LogP contribution in [0.2, 0.25) is 0 Å². The number of hydrogen-bond acceptors (Lipinski definition) is 4. The summed E-state index contributed by atoms with van der Waals surface area (Å²) in [7, 11) is 1.57. The molecule has 0 fully saturated rings. The van der Waals surface area contributed by atoms with Crippen LogP contribution in [-0.4, -0.2) is 23.9 Å². The van der Waals surface area contributed by atoms with Crippen LogP contribution in [0, 0.1) is 5.82 Å². The van der Waals surface area contributed by atoms with Gasteiger partial charge in [-0.1, -0.05) is 6.92 Å². The highest BCUT2D eigenvalue weighted by molar-refractivity contribution is 5.41. The summed E-state index contributed by atoms with van der Waals surface area (Å²) >= 11 is 0. The van der Waals surface area contributed by atoms with E-state index in [-0.39, 0.29) is 11.9 Å². The second-order valence-electron chi connectivity index (χ2n) is 4.05. The fraction of sp³-hybridized carbons (Fsp3) is 0.286. The molecule has 0 saturated carbocycles. The molecule has 4 nitrogen and oxygen atoms in total. The van der Waals surface area contributed by atoms with Gasteiger partial charge in [0, 0.05) is 11.8 Å². The Kier molecular flexibility index (Phi) is 4.41. The summed E-state index contributed by atoms with van der Waals surface area (Å²) in [4.78, 5) is 0. The van der Waals surface area contributed by atoms with Crippen molar-refractivity contribution < 1.29 is 9.13 Å². The number of methoxy groups -OCH3 is 1. The van der Waals surface area contributed by atoms with E-state index in [1.807, 2.05) is 13.0 Å². The predicted molar refractivity (Wildman–Crippen MR) is 70.5 cm³/mol. The van der Waals surface area contributed by atoms with Crippen LogP contribution >= 0.6 is 0 Å². The zero-order valence-corrected chi connectivity index (χ0v) is 10.9. The van der Waals surface area contributed by atoms with Crippen molar-refractivity contribution in [3.63, 3.8) is 0 Å². The second-order valence-corrected chi connectivity index (χ2v) is 4.05. The van der Waals surface area contributed by atoms with E-state index in [4.69, 9.17) is 4.74 Å². The molecule has 2 aromatic rings. The fourth-order valence-corrected chi connectivity index (χ4v) is 2.01. The molecule has 0 bridgehead atoms. The smallest absolute Gasteiger partial charge is 0.124 e. The van der Waals surface area contributed by atoms with Gasteiger partial charge in [-0.05, 0) is 36.4 Å². The van der Waals surface area contributed by atoms with Crippen molar-refractivity contribution in [2.75, 3.05) is 13.7 Å². The minimum Gasteiger partial charge on any atom is -0.496 e. The predicted octanol–water partition coefficient (Wildman–Crippen LogP) is 2.32. The summed E-state index contributed by atoms with van der Waals surface area (Å²) in [5.74, 6) is 0.352. The highest BCUT2D eigenvalue weighted by Gasteiger charge is 2.18. The summed E-state index contributed by atoms with van der Waals surface area (Å²) in [5, 5.41) is 10.9. The van der Waals surface area contributed by atoms with Crippen LogP contribution in [0.3, 0.4) is 0 Å². The van der Waals surface area contributed by atoms with Crippen LogP contribution in [0.1, 0.15) is 24.1 Å². The number of nitrogens with zero attached hydrogens (tertiary/aromatic N) is 2. The maximum absolute atomic E-state index is 13.5. The number of ether oxygens (including phenoxy) is 1. The zero-order valence-electron chi connectivity index (χ0n) is 10.9. The number of nitrogens with one attached hydrogen (secondary N) is 1. The van der Waals surface area contributed by atoms with Gasteiger partial charge >= 0.3 is 0 Å². The van der Waals surface area contributed by atoms with Crippen molar-refractivity contribution in [3.05, 3.63) is 53.6 Å². The summed E-state index contributed by atoms with van der Waals surface area (Å²) < 4.78 is 18.8. The first-order valence-electron chi connectivity index (χ1n) is 6.09. The average molecular weight is 261 g/mol. The maximum atomic E-state index is 13.5. The molecule has 0 aliphatic rings. The number of hydrogen-bond donors (Lipinski definition) is 1. The lowest BCUT2D eigenvalue weighted by molar-refractivity contribution is 0.402. The molecular formula is C14H16FN3O. The molecule has 5 heteroatoms. The Balaban J connectivity index is 2.47. The fourth-order valence-electron chi connectivity index (χ4n) is 2.01. The minimum absolute atomic E-state index is 0.175. The van der Waals surface area contributed by atoms with E-state index >= 15 is 0 Å². The van der Waals surface area contributed by atoms with Crippen molar-refractivity contribution >= 4 is 0 Å². The highest BCUT2D eigenvalue weighted by atomic mass is 19.1. The molecule has 1 atom stereocenters. The molecule has 19 heavy (non-hydrogen) atoms. The van der Waals surface area contributed by atoms with Gasteiger partial charge in [-0.2, -0.15) is 10.2 Å².